The lowest BCUT2D eigenvalue weighted by Crippen LogP contribution is -2.33. The van der Waals surface area contributed by atoms with Crippen molar-refractivity contribution in [3.63, 3.8) is 0 Å². The van der Waals surface area contributed by atoms with Crippen LogP contribution >= 0.6 is 15.9 Å². The molecule has 1 aliphatic rings. The first-order valence-electron chi connectivity index (χ1n) is 6.78. The number of fused-ring (bicyclic) bond motifs is 1. The van der Waals surface area contributed by atoms with Gasteiger partial charge in [0, 0.05) is 17.3 Å². The summed E-state index contributed by atoms with van der Waals surface area (Å²) in [6, 6.07) is 8.61. The zero-order valence-electron chi connectivity index (χ0n) is 10.8. The quantitative estimate of drug-likeness (QED) is 0.775. The van der Waals surface area contributed by atoms with Gasteiger partial charge in [-0.25, -0.2) is 0 Å². The van der Waals surface area contributed by atoms with E-state index < -0.39 is 0 Å². The fraction of sp³-hybridized carbons (Fsp3) is 0.533. The third kappa shape index (κ3) is 1.89. The Bertz CT molecular complexity index is 549. The molecule has 96 valence electrons. The first-order valence-corrected chi connectivity index (χ1v) is 7.90. The first kappa shape index (κ1) is 12.2. The Labute approximate surface area is 117 Å². The van der Waals surface area contributed by atoms with Crippen LogP contribution in [0.2, 0.25) is 0 Å². The number of hydrogen-bond acceptors (Lipinski definition) is 1. The van der Waals surface area contributed by atoms with Crippen LogP contribution in [0.5, 0.6) is 0 Å². The van der Waals surface area contributed by atoms with Gasteiger partial charge in [-0.2, -0.15) is 5.10 Å². The number of alkyl halides is 1. The predicted molar refractivity (Wildman–Crippen MR) is 79.2 cm³/mol. The zero-order chi connectivity index (χ0) is 12.6. The molecule has 1 aromatic carbocycles. The summed E-state index contributed by atoms with van der Waals surface area (Å²) in [4.78, 5) is 0. The zero-order valence-corrected chi connectivity index (χ0v) is 12.4. The molecule has 0 saturated heterocycles. The number of aryl methyl sites for hydroxylation is 1. The van der Waals surface area contributed by atoms with E-state index in [1.165, 1.54) is 35.9 Å². The van der Waals surface area contributed by atoms with Gasteiger partial charge in [0.15, 0.2) is 0 Å². The predicted octanol–water partition coefficient (Wildman–Crippen LogP) is 4.16. The Morgan fingerprint density at radius 3 is 2.72 bits per heavy atom. The van der Waals surface area contributed by atoms with Crippen molar-refractivity contribution in [1.82, 2.24) is 9.78 Å². The molecule has 1 fully saturated rings. The Hall–Kier alpha value is -0.830. The fourth-order valence-electron chi connectivity index (χ4n) is 2.96. The fourth-order valence-corrected chi connectivity index (χ4v) is 3.72. The second kappa shape index (κ2) is 4.69. The van der Waals surface area contributed by atoms with Gasteiger partial charge in [0.2, 0.25) is 0 Å². The summed E-state index contributed by atoms with van der Waals surface area (Å²) in [7, 11) is 0. The van der Waals surface area contributed by atoms with Crippen LogP contribution in [-0.4, -0.2) is 15.1 Å². The van der Waals surface area contributed by atoms with E-state index in [9.17, 15) is 0 Å². The summed E-state index contributed by atoms with van der Waals surface area (Å²) in [6.45, 7) is 3.11. The molecular weight excluding hydrogens is 288 g/mol. The lowest BCUT2D eigenvalue weighted by Gasteiger charge is -2.40. The first-order chi connectivity index (χ1) is 8.78. The van der Waals surface area contributed by atoms with Crippen LogP contribution in [0.15, 0.2) is 24.3 Å². The second-order valence-corrected chi connectivity index (χ2v) is 6.00. The van der Waals surface area contributed by atoms with Crippen LogP contribution in [0.1, 0.15) is 31.9 Å². The number of aromatic nitrogens is 2. The minimum absolute atomic E-state index is 0.468. The highest BCUT2D eigenvalue weighted by atomic mass is 79.9. The number of para-hydroxylation sites is 1. The average Bonchev–Trinajstić information content (AvgIpc) is 2.72. The summed E-state index contributed by atoms with van der Waals surface area (Å²) in [5.74, 6) is 0. The van der Waals surface area contributed by atoms with Crippen LogP contribution in [0.3, 0.4) is 0 Å². The second-order valence-electron chi connectivity index (χ2n) is 5.44. The molecule has 1 aliphatic carbocycles. The van der Waals surface area contributed by atoms with Crippen LogP contribution in [0, 0.1) is 5.41 Å². The maximum Gasteiger partial charge on any atom is 0.0709 e. The SMILES string of the molecule is CCn1nc(CC2(CBr)CCC2)c2ccccc21. The molecule has 2 nitrogen and oxygen atoms in total. The van der Waals surface area contributed by atoms with E-state index in [2.05, 4.69) is 51.8 Å². The van der Waals surface area contributed by atoms with Crippen LogP contribution in [0.4, 0.5) is 0 Å². The molecule has 0 bridgehead atoms. The highest BCUT2D eigenvalue weighted by Gasteiger charge is 2.37. The topological polar surface area (TPSA) is 17.8 Å². The molecule has 1 saturated carbocycles. The van der Waals surface area contributed by atoms with Gasteiger partial charge in [0.1, 0.15) is 0 Å². The molecule has 2 aromatic rings. The van der Waals surface area contributed by atoms with Gasteiger partial charge in [-0.15, -0.1) is 0 Å². The highest BCUT2D eigenvalue weighted by molar-refractivity contribution is 9.09. The molecule has 3 rings (SSSR count). The van der Waals surface area contributed by atoms with Crippen molar-refractivity contribution in [1.29, 1.82) is 0 Å². The molecule has 3 heteroatoms. The van der Waals surface area contributed by atoms with E-state index in [0.717, 1.165) is 18.3 Å². The van der Waals surface area contributed by atoms with Crippen molar-refractivity contribution < 1.29 is 0 Å². The largest absolute Gasteiger partial charge is 0.265 e. The normalized spacial score (nSPS) is 17.9. The maximum atomic E-state index is 4.82. The summed E-state index contributed by atoms with van der Waals surface area (Å²) >= 11 is 3.69. The summed E-state index contributed by atoms with van der Waals surface area (Å²) in [5, 5.41) is 7.26. The van der Waals surface area contributed by atoms with Gasteiger partial charge >= 0.3 is 0 Å². The molecule has 0 spiro atoms. The molecule has 0 atom stereocenters. The van der Waals surface area contributed by atoms with Crippen LogP contribution in [0.25, 0.3) is 10.9 Å². The molecule has 0 N–H and O–H groups in total. The molecule has 1 aromatic heterocycles. The molecule has 18 heavy (non-hydrogen) atoms. The van der Waals surface area contributed by atoms with Crippen molar-refractivity contribution in [2.24, 2.45) is 5.41 Å². The van der Waals surface area contributed by atoms with E-state index >= 15 is 0 Å². The van der Waals surface area contributed by atoms with E-state index in [1.54, 1.807) is 0 Å². The Morgan fingerprint density at radius 2 is 2.11 bits per heavy atom. The van der Waals surface area contributed by atoms with Gasteiger partial charge in [0.25, 0.3) is 0 Å². The highest BCUT2D eigenvalue weighted by Crippen LogP contribution is 2.45. The monoisotopic (exact) mass is 306 g/mol. The van der Waals surface area contributed by atoms with Crippen molar-refractivity contribution in [2.75, 3.05) is 5.33 Å². The van der Waals surface area contributed by atoms with E-state index in [0.29, 0.717) is 5.41 Å². The molecule has 0 radical (unpaired) electrons. The number of hydrogen-bond donors (Lipinski definition) is 0. The van der Waals surface area contributed by atoms with Crippen molar-refractivity contribution in [3.05, 3.63) is 30.0 Å². The van der Waals surface area contributed by atoms with Gasteiger partial charge in [-0.05, 0) is 37.7 Å². The Kier molecular flexibility index (Phi) is 3.18. The molecule has 0 amide bonds. The van der Waals surface area contributed by atoms with Crippen molar-refractivity contribution in [2.45, 2.75) is 39.2 Å². The van der Waals surface area contributed by atoms with Crippen molar-refractivity contribution >= 4 is 26.8 Å². The van der Waals surface area contributed by atoms with E-state index in [4.69, 9.17) is 5.10 Å². The molecule has 0 aliphatic heterocycles. The number of halogens is 1. The minimum Gasteiger partial charge on any atom is -0.265 e. The molecule has 0 unspecified atom stereocenters. The van der Waals surface area contributed by atoms with E-state index in [-0.39, 0.29) is 0 Å². The Morgan fingerprint density at radius 1 is 1.33 bits per heavy atom. The number of nitrogens with zero attached hydrogens (tertiary/aromatic N) is 2. The van der Waals surface area contributed by atoms with Gasteiger partial charge in [-0.1, -0.05) is 40.5 Å². The van der Waals surface area contributed by atoms with Gasteiger partial charge in [0.05, 0.1) is 11.2 Å². The van der Waals surface area contributed by atoms with Crippen LogP contribution < -0.4 is 0 Å². The molecule has 1 heterocycles. The van der Waals surface area contributed by atoms with Gasteiger partial charge in [-0.3, -0.25) is 4.68 Å². The van der Waals surface area contributed by atoms with Crippen molar-refractivity contribution in [3.8, 4) is 0 Å². The smallest absolute Gasteiger partial charge is 0.0709 e. The standard InChI is InChI=1S/C15H19BrN2/c1-2-18-14-7-4-3-6-12(14)13(17-18)10-15(11-16)8-5-9-15/h3-4,6-7H,2,5,8-11H2,1H3. The number of rotatable bonds is 4. The minimum atomic E-state index is 0.468. The lowest BCUT2D eigenvalue weighted by molar-refractivity contribution is 0.168. The average molecular weight is 307 g/mol. The third-order valence-electron chi connectivity index (χ3n) is 4.27. The maximum absolute atomic E-state index is 4.82. The van der Waals surface area contributed by atoms with Gasteiger partial charge < -0.3 is 0 Å². The third-order valence-corrected chi connectivity index (χ3v) is 5.46. The summed E-state index contributed by atoms with van der Waals surface area (Å²) in [5.41, 5.74) is 3.03. The summed E-state index contributed by atoms with van der Waals surface area (Å²) in [6.07, 6.45) is 5.17. The summed E-state index contributed by atoms with van der Waals surface area (Å²) < 4.78 is 2.13. The Balaban J connectivity index is 2.01. The number of benzene rings is 1. The van der Waals surface area contributed by atoms with Crippen LogP contribution in [-0.2, 0) is 13.0 Å². The molecular formula is C15H19BrN2. The van der Waals surface area contributed by atoms with E-state index in [1.807, 2.05) is 0 Å². The lowest BCUT2D eigenvalue weighted by atomic mass is 9.67.